The van der Waals surface area contributed by atoms with Gasteiger partial charge in [-0.25, -0.2) is 13.1 Å². The average Bonchev–Trinajstić information content (AvgIpc) is 3.33. The van der Waals surface area contributed by atoms with Gasteiger partial charge in [-0.3, -0.25) is 4.79 Å². The lowest BCUT2D eigenvalue weighted by Crippen LogP contribution is -3.18. The number of amides is 1. The first-order valence-corrected chi connectivity index (χ1v) is 11.4. The van der Waals surface area contributed by atoms with Crippen LogP contribution in [0.5, 0.6) is 0 Å². The molecule has 2 fully saturated rings. The van der Waals surface area contributed by atoms with E-state index in [1.54, 1.807) is 23.0 Å². The Labute approximate surface area is 165 Å². The maximum absolute atomic E-state index is 12.5. The predicted molar refractivity (Wildman–Crippen MR) is 107 cm³/mol. The van der Waals surface area contributed by atoms with Crippen LogP contribution in [-0.2, 0) is 14.6 Å². The largest absolute Gasteiger partial charge is 0.329 e. The first kappa shape index (κ1) is 18.9. The van der Waals surface area contributed by atoms with Crippen LogP contribution in [0, 0.1) is 0 Å². The highest BCUT2D eigenvalue weighted by atomic mass is 32.2. The third-order valence-electron chi connectivity index (χ3n) is 5.57. The monoisotopic (exact) mass is 401 g/mol. The zero-order chi connectivity index (χ0) is 19.6. The van der Waals surface area contributed by atoms with Crippen LogP contribution in [0.15, 0.2) is 48.8 Å². The molecule has 3 heterocycles. The third-order valence-corrected chi connectivity index (χ3v) is 7.34. The number of quaternary nitrogens is 1. The standard InChI is InChI=1S/C20H24N4O3S/c25-20(7-6-17-14-21-24(15-17)18-4-2-1-3-5-18)23-11-9-22(10-12-23)19-8-13-28(26,27)16-19/h1-7,14-15,19H,8-13,16H2/p+1/b7-6+/t19-/m0/s1. The SMILES string of the molecule is O=C(/C=C/c1cnn(-c2ccccc2)c1)N1CC[NH+]([C@H]2CCS(=O)(=O)C2)CC1. The van der Waals surface area contributed by atoms with Gasteiger partial charge in [0.2, 0.25) is 5.91 Å². The minimum atomic E-state index is -2.85. The second kappa shape index (κ2) is 7.89. The molecule has 28 heavy (non-hydrogen) atoms. The first-order chi connectivity index (χ1) is 13.5. The van der Waals surface area contributed by atoms with Gasteiger partial charge in [-0.2, -0.15) is 5.10 Å². The number of hydrogen-bond donors (Lipinski definition) is 1. The Morgan fingerprint density at radius 3 is 2.61 bits per heavy atom. The molecular weight excluding hydrogens is 376 g/mol. The molecule has 8 heteroatoms. The third kappa shape index (κ3) is 4.34. The number of para-hydroxylation sites is 1. The topological polar surface area (TPSA) is 76.7 Å². The fourth-order valence-electron chi connectivity index (χ4n) is 3.96. The number of nitrogens with one attached hydrogen (secondary N) is 1. The summed E-state index contributed by atoms with van der Waals surface area (Å²) in [6.45, 7) is 2.95. The van der Waals surface area contributed by atoms with Crippen molar-refractivity contribution < 1.29 is 18.1 Å². The van der Waals surface area contributed by atoms with Crippen molar-refractivity contribution in [1.82, 2.24) is 14.7 Å². The highest BCUT2D eigenvalue weighted by Crippen LogP contribution is 2.10. The summed E-state index contributed by atoms with van der Waals surface area (Å²) in [7, 11) is -2.85. The molecular formula is C20H25N4O3S+. The van der Waals surface area contributed by atoms with Crippen molar-refractivity contribution in [3.05, 3.63) is 54.4 Å². The van der Waals surface area contributed by atoms with Crippen LogP contribution in [-0.4, -0.2) is 72.7 Å². The molecule has 0 aliphatic carbocycles. The quantitative estimate of drug-likeness (QED) is 0.720. The molecule has 4 rings (SSSR count). The van der Waals surface area contributed by atoms with E-state index in [2.05, 4.69) is 5.10 Å². The van der Waals surface area contributed by atoms with Gasteiger partial charge in [0.25, 0.3) is 0 Å². The fourth-order valence-corrected chi connectivity index (χ4v) is 5.78. The number of rotatable bonds is 4. The fraction of sp³-hybridized carbons (Fsp3) is 0.400. The van der Waals surface area contributed by atoms with E-state index in [0.29, 0.717) is 24.6 Å². The zero-order valence-electron chi connectivity index (χ0n) is 15.7. The Morgan fingerprint density at radius 2 is 1.93 bits per heavy atom. The first-order valence-electron chi connectivity index (χ1n) is 9.62. The van der Waals surface area contributed by atoms with Gasteiger partial charge in [0.1, 0.15) is 11.8 Å². The molecule has 1 aromatic heterocycles. The molecule has 1 N–H and O–H groups in total. The summed E-state index contributed by atoms with van der Waals surface area (Å²) in [5, 5.41) is 4.33. The van der Waals surface area contributed by atoms with Crippen LogP contribution in [0.25, 0.3) is 11.8 Å². The second-order valence-corrected chi connectivity index (χ2v) is 9.70. The smallest absolute Gasteiger partial charge is 0.246 e. The van der Waals surface area contributed by atoms with Gasteiger partial charge in [-0.1, -0.05) is 18.2 Å². The molecule has 2 aromatic rings. The minimum absolute atomic E-state index is 0.00875. The lowest BCUT2D eigenvalue weighted by atomic mass is 10.2. The Bertz CT molecular complexity index is 960. The highest BCUT2D eigenvalue weighted by molar-refractivity contribution is 7.91. The molecule has 0 unspecified atom stereocenters. The van der Waals surface area contributed by atoms with Gasteiger partial charge in [0, 0.05) is 24.3 Å². The molecule has 2 saturated heterocycles. The zero-order valence-corrected chi connectivity index (χ0v) is 16.5. The number of sulfone groups is 1. The summed E-state index contributed by atoms with van der Waals surface area (Å²) in [5.41, 5.74) is 1.85. The minimum Gasteiger partial charge on any atom is -0.329 e. The molecule has 1 aromatic carbocycles. The molecule has 2 aliphatic rings. The van der Waals surface area contributed by atoms with Crippen molar-refractivity contribution in [1.29, 1.82) is 0 Å². The average molecular weight is 402 g/mol. The van der Waals surface area contributed by atoms with Crippen molar-refractivity contribution in [3.63, 3.8) is 0 Å². The van der Waals surface area contributed by atoms with E-state index < -0.39 is 9.84 Å². The highest BCUT2D eigenvalue weighted by Gasteiger charge is 2.37. The maximum Gasteiger partial charge on any atom is 0.246 e. The number of piperazine rings is 1. The Morgan fingerprint density at radius 1 is 1.18 bits per heavy atom. The van der Waals surface area contributed by atoms with E-state index in [1.807, 2.05) is 41.4 Å². The van der Waals surface area contributed by atoms with E-state index in [1.165, 1.54) is 4.90 Å². The molecule has 148 valence electrons. The van der Waals surface area contributed by atoms with E-state index in [9.17, 15) is 13.2 Å². The number of carbonyl (C=O) groups is 1. The van der Waals surface area contributed by atoms with Gasteiger partial charge in [0.05, 0.1) is 43.8 Å². The van der Waals surface area contributed by atoms with E-state index in [-0.39, 0.29) is 11.9 Å². The van der Waals surface area contributed by atoms with Crippen molar-refractivity contribution in [2.45, 2.75) is 12.5 Å². The summed E-state index contributed by atoms with van der Waals surface area (Å²) in [5.74, 6) is 0.593. The normalized spacial score (nSPS) is 22.7. The Balaban J connectivity index is 1.31. The number of aromatic nitrogens is 2. The van der Waals surface area contributed by atoms with Crippen LogP contribution in [0.1, 0.15) is 12.0 Å². The van der Waals surface area contributed by atoms with Gasteiger partial charge in [0.15, 0.2) is 9.84 Å². The molecule has 1 atom stereocenters. The van der Waals surface area contributed by atoms with Crippen molar-refractivity contribution in [3.8, 4) is 5.69 Å². The Kier molecular flexibility index (Phi) is 5.32. The molecule has 0 saturated carbocycles. The summed E-state index contributed by atoms with van der Waals surface area (Å²) in [6.07, 6.45) is 7.76. The Hall–Kier alpha value is -2.45. The molecule has 1 amide bonds. The van der Waals surface area contributed by atoms with Crippen LogP contribution >= 0.6 is 0 Å². The van der Waals surface area contributed by atoms with E-state index in [0.717, 1.165) is 30.8 Å². The van der Waals surface area contributed by atoms with Crippen molar-refractivity contribution in [2.75, 3.05) is 37.7 Å². The van der Waals surface area contributed by atoms with E-state index in [4.69, 9.17) is 0 Å². The number of hydrogen-bond acceptors (Lipinski definition) is 4. The molecule has 2 aliphatic heterocycles. The predicted octanol–water partition coefficient (Wildman–Crippen LogP) is -0.200. The van der Waals surface area contributed by atoms with Crippen LogP contribution in [0.3, 0.4) is 0 Å². The second-order valence-electron chi connectivity index (χ2n) is 7.47. The van der Waals surface area contributed by atoms with Crippen LogP contribution < -0.4 is 4.90 Å². The summed E-state index contributed by atoms with van der Waals surface area (Å²) in [6, 6.07) is 10.0. The summed E-state index contributed by atoms with van der Waals surface area (Å²) >= 11 is 0. The lowest BCUT2D eigenvalue weighted by Gasteiger charge is -2.34. The molecule has 0 radical (unpaired) electrons. The van der Waals surface area contributed by atoms with Crippen molar-refractivity contribution >= 4 is 21.8 Å². The van der Waals surface area contributed by atoms with Gasteiger partial charge >= 0.3 is 0 Å². The van der Waals surface area contributed by atoms with Gasteiger partial charge in [-0.15, -0.1) is 0 Å². The summed E-state index contributed by atoms with van der Waals surface area (Å²) < 4.78 is 25.1. The van der Waals surface area contributed by atoms with Crippen LogP contribution in [0.2, 0.25) is 0 Å². The molecule has 0 spiro atoms. The number of carbonyl (C=O) groups excluding carboxylic acids is 1. The molecule has 7 nitrogen and oxygen atoms in total. The molecule has 0 bridgehead atoms. The van der Waals surface area contributed by atoms with Gasteiger partial charge < -0.3 is 9.80 Å². The van der Waals surface area contributed by atoms with Gasteiger partial charge in [-0.05, 0) is 18.2 Å². The van der Waals surface area contributed by atoms with Crippen molar-refractivity contribution in [2.24, 2.45) is 0 Å². The lowest BCUT2D eigenvalue weighted by molar-refractivity contribution is -0.925. The summed E-state index contributed by atoms with van der Waals surface area (Å²) in [4.78, 5) is 15.6. The maximum atomic E-state index is 12.5. The van der Waals surface area contributed by atoms with Crippen LogP contribution in [0.4, 0.5) is 0 Å². The number of nitrogens with zero attached hydrogens (tertiary/aromatic N) is 3. The van der Waals surface area contributed by atoms with E-state index >= 15 is 0 Å². The number of benzene rings is 1.